The van der Waals surface area contributed by atoms with Gasteiger partial charge in [0.05, 0.1) is 6.04 Å². The van der Waals surface area contributed by atoms with Crippen LogP contribution in [0.4, 0.5) is 5.69 Å². The standard InChI is InChI=1S/C17H27N3O/c1-4-5-12(2)19-17(21)13(3)20-9-8-14-6-7-16(18)10-15(14)11-20/h6-7,10,12-13H,4-5,8-9,11,18H2,1-3H3,(H,19,21). The van der Waals surface area contributed by atoms with Crippen LogP contribution in [0.25, 0.3) is 0 Å². The number of carbonyl (C=O) groups is 1. The summed E-state index contributed by atoms with van der Waals surface area (Å²) in [6.45, 7) is 7.93. The molecule has 0 saturated heterocycles. The Kier molecular flexibility index (Phi) is 5.23. The number of hydrogen-bond acceptors (Lipinski definition) is 3. The van der Waals surface area contributed by atoms with Crippen LogP contribution in [0.5, 0.6) is 0 Å². The molecule has 4 nitrogen and oxygen atoms in total. The summed E-state index contributed by atoms with van der Waals surface area (Å²) in [5.41, 5.74) is 9.27. The Morgan fingerprint density at radius 1 is 1.38 bits per heavy atom. The number of benzene rings is 1. The van der Waals surface area contributed by atoms with E-state index in [4.69, 9.17) is 5.73 Å². The fourth-order valence-corrected chi connectivity index (χ4v) is 2.96. The van der Waals surface area contributed by atoms with Crippen LogP contribution in [-0.2, 0) is 17.8 Å². The van der Waals surface area contributed by atoms with Gasteiger partial charge in [-0.05, 0) is 49.9 Å². The Bertz CT molecular complexity index is 501. The van der Waals surface area contributed by atoms with E-state index in [0.717, 1.165) is 38.0 Å². The largest absolute Gasteiger partial charge is 0.399 e. The summed E-state index contributed by atoms with van der Waals surface area (Å²) in [6.07, 6.45) is 3.10. The lowest BCUT2D eigenvalue weighted by Crippen LogP contribution is -2.49. The summed E-state index contributed by atoms with van der Waals surface area (Å²) < 4.78 is 0. The van der Waals surface area contributed by atoms with E-state index >= 15 is 0 Å². The molecule has 1 heterocycles. The van der Waals surface area contributed by atoms with E-state index in [1.807, 2.05) is 19.1 Å². The topological polar surface area (TPSA) is 58.4 Å². The number of amides is 1. The van der Waals surface area contributed by atoms with Gasteiger partial charge in [-0.25, -0.2) is 0 Å². The molecule has 0 saturated carbocycles. The van der Waals surface area contributed by atoms with Crippen molar-refractivity contribution in [2.45, 2.75) is 58.7 Å². The molecule has 0 spiro atoms. The summed E-state index contributed by atoms with van der Waals surface area (Å²) in [7, 11) is 0. The van der Waals surface area contributed by atoms with Crippen LogP contribution in [0.1, 0.15) is 44.7 Å². The van der Waals surface area contributed by atoms with E-state index in [9.17, 15) is 4.79 Å². The third-order valence-corrected chi connectivity index (χ3v) is 4.31. The van der Waals surface area contributed by atoms with Crippen LogP contribution in [0.15, 0.2) is 18.2 Å². The van der Waals surface area contributed by atoms with Gasteiger partial charge >= 0.3 is 0 Å². The number of rotatable bonds is 5. The van der Waals surface area contributed by atoms with Gasteiger partial charge in [0.2, 0.25) is 5.91 Å². The lowest BCUT2D eigenvalue weighted by Gasteiger charge is -2.33. The molecule has 1 amide bonds. The molecule has 0 fully saturated rings. The van der Waals surface area contributed by atoms with Crippen molar-refractivity contribution in [3.63, 3.8) is 0 Å². The molecule has 1 aromatic carbocycles. The molecule has 116 valence electrons. The average Bonchev–Trinajstić information content (AvgIpc) is 2.45. The molecular weight excluding hydrogens is 262 g/mol. The molecule has 0 bridgehead atoms. The van der Waals surface area contributed by atoms with Gasteiger partial charge < -0.3 is 11.1 Å². The van der Waals surface area contributed by atoms with Crippen LogP contribution in [0.2, 0.25) is 0 Å². The normalized spacial score (nSPS) is 17.9. The number of carbonyl (C=O) groups excluding carboxylic acids is 1. The number of anilines is 1. The lowest BCUT2D eigenvalue weighted by molar-refractivity contribution is -0.126. The number of nitrogens with one attached hydrogen (secondary N) is 1. The first kappa shape index (κ1) is 15.8. The second-order valence-electron chi connectivity index (χ2n) is 6.12. The van der Waals surface area contributed by atoms with Crippen LogP contribution < -0.4 is 11.1 Å². The first-order chi connectivity index (χ1) is 10.0. The minimum absolute atomic E-state index is 0.0983. The van der Waals surface area contributed by atoms with Gasteiger partial charge in [0.15, 0.2) is 0 Å². The molecule has 1 aromatic rings. The number of fused-ring (bicyclic) bond motifs is 1. The highest BCUT2D eigenvalue weighted by molar-refractivity contribution is 5.81. The summed E-state index contributed by atoms with van der Waals surface area (Å²) in [5.74, 6) is 0.128. The van der Waals surface area contributed by atoms with E-state index in [1.165, 1.54) is 11.1 Å². The van der Waals surface area contributed by atoms with Crippen molar-refractivity contribution in [2.75, 3.05) is 12.3 Å². The van der Waals surface area contributed by atoms with Crippen molar-refractivity contribution in [3.8, 4) is 0 Å². The second-order valence-corrected chi connectivity index (χ2v) is 6.12. The molecule has 0 radical (unpaired) electrons. The first-order valence-corrected chi connectivity index (χ1v) is 7.93. The van der Waals surface area contributed by atoms with E-state index in [1.54, 1.807) is 0 Å². The number of hydrogen-bond donors (Lipinski definition) is 2. The van der Waals surface area contributed by atoms with Gasteiger partial charge in [0, 0.05) is 24.8 Å². The second kappa shape index (κ2) is 6.94. The summed E-state index contributed by atoms with van der Waals surface area (Å²) >= 11 is 0. The van der Waals surface area contributed by atoms with E-state index in [-0.39, 0.29) is 18.0 Å². The van der Waals surface area contributed by atoms with Crippen molar-refractivity contribution in [1.82, 2.24) is 10.2 Å². The number of nitrogen functional groups attached to an aromatic ring is 1. The highest BCUT2D eigenvalue weighted by Crippen LogP contribution is 2.22. The Balaban J connectivity index is 1.98. The molecule has 3 N–H and O–H groups in total. The smallest absolute Gasteiger partial charge is 0.237 e. The quantitative estimate of drug-likeness (QED) is 0.818. The van der Waals surface area contributed by atoms with Crippen molar-refractivity contribution in [1.29, 1.82) is 0 Å². The van der Waals surface area contributed by atoms with E-state index in [2.05, 4.69) is 30.1 Å². The molecule has 21 heavy (non-hydrogen) atoms. The van der Waals surface area contributed by atoms with Crippen LogP contribution in [-0.4, -0.2) is 29.4 Å². The lowest BCUT2D eigenvalue weighted by atomic mass is 9.98. The Morgan fingerprint density at radius 3 is 2.86 bits per heavy atom. The molecule has 1 aliphatic heterocycles. The fourth-order valence-electron chi connectivity index (χ4n) is 2.96. The predicted octanol–water partition coefficient (Wildman–Crippen LogP) is 2.32. The highest BCUT2D eigenvalue weighted by Gasteiger charge is 2.25. The summed E-state index contributed by atoms with van der Waals surface area (Å²) in [4.78, 5) is 14.6. The molecule has 0 aromatic heterocycles. The third-order valence-electron chi connectivity index (χ3n) is 4.31. The van der Waals surface area contributed by atoms with Gasteiger partial charge in [-0.3, -0.25) is 9.69 Å². The maximum Gasteiger partial charge on any atom is 0.237 e. The average molecular weight is 289 g/mol. The molecule has 0 aliphatic carbocycles. The fraction of sp³-hybridized carbons (Fsp3) is 0.588. The Morgan fingerprint density at radius 2 is 2.14 bits per heavy atom. The molecule has 2 unspecified atom stereocenters. The number of nitrogens with two attached hydrogens (primary N) is 1. The van der Waals surface area contributed by atoms with Gasteiger partial charge in [0.1, 0.15) is 0 Å². The van der Waals surface area contributed by atoms with Crippen LogP contribution in [0, 0.1) is 0 Å². The van der Waals surface area contributed by atoms with Crippen molar-refractivity contribution < 1.29 is 4.79 Å². The maximum atomic E-state index is 12.3. The van der Waals surface area contributed by atoms with E-state index in [0.29, 0.717) is 0 Å². The Hall–Kier alpha value is -1.55. The maximum absolute atomic E-state index is 12.3. The molecular formula is C17H27N3O. The van der Waals surface area contributed by atoms with Gasteiger partial charge in [-0.1, -0.05) is 19.4 Å². The van der Waals surface area contributed by atoms with Crippen molar-refractivity contribution >= 4 is 11.6 Å². The first-order valence-electron chi connectivity index (χ1n) is 7.93. The Labute approximate surface area is 127 Å². The zero-order chi connectivity index (χ0) is 15.4. The summed E-state index contributed by atoms with van der Waals surface area (Å²) in [6, 6.07) is 6.25. The van der Waals surface area contributed by atoms with Crippen molar-refractivity contribution in [3.05, 3.63) is 29.3 Å². The zero-order valence-corrected chi connectivity index (χ0v) is 13.4. The summed E-state index contributed by atoms with van der Waals surface area (Å²) in [5, 5.41) is 3.11. The highest BCUT2D eigenvalue weighted by atomic mass is 16.2. The van der Waals surface area contributed by atoms with Crippen molar-refractivity contribution in [2.24, 2.45) is 0 Å². The molecule has 2 atom stereocenters. The van der Waals surface area contributed by atoms with E-state index < -0.39 is 0 Å². The van der Waals surface area contributed by atoms with Gasteiger partial charge in [-0.15, -0.1) is 0 Å². The van der Waals surface area contributed by atoms with Gasteiger partial charge in [-0.2, -0.15) is 0 Å². The molecule has 4 heteroatoms. The minimum Gasteiger partial charge on any atom is -0.399 e. The van der Waals surface area contributed by atoms with Crippen LogP contribution >= 0.6 is 0 Å². The third kappa shape index (κ3) is 3.97. The SMILES string of the molecule is CCCC(C)NC(=O)C(C)N1CCc2ccc(N)cc2C1. The number of nitrogens with zero attached hydrogens (tertiary/aromatic N) is 1. The molecule has 1 aliphatic rings. The predicted molar refractivity (Wildman–Crippen MR) is 86.9 cm³/mol. The van der Waals surface area contributed by atoms with Gasteiger partial charge in [0.25, 0.3) is 0 Å². The monoisotopic (exact) mass is 289 g/mol. The minimum atomic E-state index is -0.0983. The van der Waals surface area contributed by atoms with Crippen LogP contribution in [0.3, 0.4) is 0 Å². The zero-order valence-electron chi connectivity index (χ0n) is 13.4. The molecule has 2 rings (SSSR count).